The lowest BCUT2D eigenvalue weighted by Crippen LogP contribution is -2.40. The smallest absolute Gasteiger partial charge is 0.251 e. The van der Waals surface area contributed by atoms with Crippen molar-refractivity contribution in [1.82, 2.24) is 15.3 Å². The van der Waals surface area contributed by atoms with Gasteiger partial charge in [0.15, 0.2) is 0 Å². The first-order chi connectivity index (χ1) is 10.8. The molecule has 0 saturated carbocycles. The van der Waals surface area contributed by atoms with Gasteiger partial charge in [-0.2, -0.15) is 0 Å². The summed E-state index contributed by atoms with van der Waals surface area (Å²) in [6, 6.07) is 12.9. The number of nitrogens with zero attached hydrogens (tertiary/aromatic N) is 1. The molecule has 0 aliphatic rings. The van der Waals surface area contributed by atoms with E-state index in [0.717, 1.165) is 22.4 Å². The molecule has 0 radical (unpaired) electrons. The van der Waals surface area contributed by atoms with Gasteiger partial charge in [0.2, 0.25) is 0 Å². The van der Waals surface area contributed by atoms with Crippen molar-refractivity contribution >= 4 is 28.5 Å². The molecule has 4 nitrogen and oxygen atoms in total. The number of amides is 1. The fourth-order valence-corrected chi connectivity index (χ4v) is 2.48. The third-order valence-electron chi connectivity index (χ3n) is 3.35. The van der Waals surface area contributed by atoms with Gasteiger partial charge < -0.3 is 10.3 Å². The molecule has 1 aromatic heterocycles. The molecule has 23 heavy (non-hydrogen) atoms. The molecule has 1 heterocycles. The first-order valence-electron chi connectivity index (χ1n) is 7.40. The van der Waals surface area contributed by atoms with E-state index in [0.29, 0.717) is 10.6 Å². The number of benzene rings is 2. The molecule has 3 aromatic rings. The molecule has 2 aromatic carbocycles. The minimum atomic E-state index is -0.256. The Labute approximate surface area is 139 Å². The van der Waals surface area contributed by atoms with E-state index in [-0.39, 0.29) is 11.4 Å². The summed E-state index contributed by atoms with van der Waals surface area (Å²) in [4.78, 5) is 19.9. The Balaban J connectivity index is 1.87. The number of nitrogens with one attached hydrogen (secondary N) is 2. The van der Waals surface area contributed by atoms with Gasteiger partial charge in [0.05, 0.1) is 11.0 Å². The molecule has 118 valence electrons. The number of aromatic amines is 1. The predicted octanol–water partition coefficient (Wildman–Crippen LogP) is 4.41. The lowest BCUT2D eigenvalue weighted by molar-refractivity contribution is 0.0919. The normalized spacial score (nSPS) is 11.7. The van der Waals surface area contributed by atoms with Crippen LogP contribution >= 0.6 is 11.6 Å². The Hall–Kier alpha value is -2.33. The summed E-state index contributed by atoms with van der Waals surface area (Å²) in [6.45, 7) is 5.87. The maximum absolute atomic E-state index is 12.1. The maximum atomic E-state index is 12.1. The van der Waals surface area contributed by atoms with Crippen molar-refractivity contribution in [2.45, 2.75) is 26.3 Å². The van der Waals surface area contributed by atoms with E-state index in [1.54, 1.807) is 12.1 Å². The zero-order valence-corrected chi connectivity index (χ0v) is 14.0. The van der Waals surface area contributed by atoms with E-state index >= 15 is 0 Å². The summed E-state index contributed by atoms with van der Waals surface area (Å²) in [5.74, 6) is 0.672. The third kappa shape index (κ3) is 3.54. The van der Waals surface area contributed by atoms with Crippen LogP contribution in [-0.2, 0) is 0 Å². The van der Waals surface area contributed by atoms with E-state index in [4.69, 9.17) is 11.6 Å². The van der Waals surface area contributed by atoms with Crippen LogP contribution in [0.3, 0.4) is 0 Å². The Bertz CT molecular complexity index is 860. The number of hydrogen-bond acceptors (Lipinski definition) is 2. The first kappa shape index (κ1) is 15.6. The highest BCUT2D eigenvalue weighted by Gasteiger charge is 2.15. The summed E-state index contributed by atoms with van der Waals surface area (Å²) >= 11 is 5.99. The van der Waals surface area contributed by atoms with Gasteiger partial charge in [0.1, 0.15) is 5.82 Å². The second kappa shape index (κ2) is 5.70. The van der Waals surface area contributed by atoms with Gasteiger partial charge in [-0.1, -0.05) is 23.7 Å². The molecule has 3 rings (SSSR count). The second-order valence-electron chi connectivity index (χ2n) is 6.53. The zero-order valence-electron chi connectivity index (χ0n) is 13.3. The van der Waals surface area contributed by atoms with Crippen molar-refractivity contribution < 1.29 is 4.79 Å². The van der Waals surface area contributed by atoms with Crippen molar-refractivity contribution in [2.24, 2.45) is 0 Å². The zero-order chi connectivity index (χ0) is 16.6. The molecule has 0 spiro atoms. The summed E-state index contributed by atoms with van der Waals surface area (Å²) in [7, 11) is 0. The second-order valence-corrected chi connectivity index (χ2v) is 6.96. The highest BCUT2D eigenvalue weighted by molar-refractivity contribution is 6.31. The average molecular weight is 328 g/mol. The molecule has 2 N–H and O–H groups in total. The van der Waals surface area contributed by atoms with Crippen LogP contribution in [-0.4, -0.2) is 21.4 Å². The van der Waals surface area contributed by atoms with Crippen molar-refractivity contribution in [3.63, 3.8) is 0 Å². The van der Waals surface area contributed by atoms with Crippen LogP contribution in [0.4, 0.5) is 0 Å². The number of carbonyl (C=O) groups excluding carboxylic acids is 1. The van der Waals surface area contributed by atoms with E-state index < -0.39 is 0 Å². The largest absolute Gasteiger partial charge is 0.347 e. The Kier molecular flexibility index (Phi) is 3.86. The molecule has 0 aliphatic carbocycles. The van der Waals surface area contributed by atoms with E-state index in [1.165, 1.54) is 0 Å². The molecule has 0 saturated heterocycles. The van der Waals surface area contributed by atoms with Crippen molar-refractivity contribution in [3.8, 4) is 11.4 Å². The Morgan fingerprint density at radius 2 is 1.83 bits per heavy atom. The molecule has 5 heteroatoms. The van der Waals surface area contributed by atoms with E-state index in [2.05, 4.69) is 15.3 Å². The minimum absolute atomic E-state index is 0.0829. The maximum Gasteiger partial charge on any atom is 0.251 e. The molecule has 0 unspecified atom stereocenters. The SMILES string of the molecule is CC(C)(C)NC(=O)c1ccc(-c2nc3ccc(Cl)cc3[nH]2)cc1. The van der Waals surface area contributed by atoms with Crippen molar-refractivity contribution in [1.29, 1.82) is 0 Å². The predicted molar refractivity (Wildman–Crippen MR) is 93.8 cm³/mol. The quantitative estimate of drug-likeness (QED) is 0.732. The van der Waals surface area contributed by atoms with Crippen LogP contribution in [0.25, 0.3) is 22.4 Å². The van der Waals surface area contributed by atoms with Gasteiger partial charge in [0, 0.05) is 21.7 Å². The Morgan fingerprint density at radius 3 is 2.48 bits per heavy atom. The monoisotopic (exact) mass is 327 g/mol. The standard InChI is InChI=1S/C18H18ClN3O/c1-18(2,3)22-17(23)12-6-4-11(5-7-12)16-20-14-9-8-13(19)10-15(14)21-16/h4-10H,1-3H3,(H,20,21)(H,22,23). The highest BCUT2D eigenvalue weighted by atomic mass is 35.5. The van der Waals surface area contributed by atoms with Gasteiger partial charge in [-0.3, -0.25) is 4.79 Å². The molecule has 0 fully saturated rings. The molecular weight excluding hydrogens is 310 g/mol. The summed E-state index contributed by atoms with van der Waals surface area (Å²) in [6.07, 6.45) is 0. The molecular formula is C18H18ClN3O. The number of fused-ring (bicyclic) bond motifs is 1. The molecule has 0 aliphatic heterocycles. The van der Waals surface area contributed by atoms with Gasteiger partial charge in [-0.15, -0.1) is 0 Å². The van der Waals surface area contributed by atoms with Crippen molar-refractivity contribution in [2.75, 3.05) is 0 Å². The fourth-order valence-electron chi connectivity index (χ4n) is 2.31. The number of imidazole rings is 1. The van der Waals surface area contributed by atoms with Crippen LogP contribution in [0.15, 0.2) is 42.5 Å². The Morgan fingerprint density at radius 1 is 1.13 bits per heavy atom. The van der Waals surface area contributed by atoms with Gasteiger partial charge >= 0.3 is 0 Å². The number of rotatable bonds is 2. The summed E-state index contributed by atoms with van der Waals surface area (Å²) < 4.78 is 0. The first-order valence-corrected chi connectivity index (χ1v) is 7.78. The van der Waals surface area contributed by atoms with Crippen LogP contribution < -0.4 is 5.32 Å². The lowest BCUT2D eigenvalue weighted by Gasteiger charge is -2.20. The van der Waals surface area contributed by atoms with Gasteiger partial charge in [0.25, 0.3) is 5.91 Å². The van der Waals surface area contributed by atoms with Gasteiger partial charge in [-0.05, 0) is 51.1 Å². The van der Waals surface area contributed by atoms with Gasteiger partial charge in [-0.25, -0.2) is 4.98 Å². The number of hydrogen-bond donors (Lipinski definition) is 2. The number of halogens is 1. The number of carbonyl (C=O) groups is 1. The molecule has 1 amide bonds. The number of H-pyrrole nitrogens is 1. The summed E-state index contributed by atoms with van der Waals surface area (Å²) in [5.41, 5.74) is 3.04. The van der Waals surface area contributed by atoms with E-state index in [9.17, 15) is 4.79 Å². The van der Waals surface area contributed by atoms with Crippen molar-refractivity contribution in [3.05, 3.63) is 53.1 Å². The minimum Gasteiger partial charge on any atom is -0.347 e. The fraction of sp³-hybridized carbons (Fsp3) is 0.222. The lowest BCUT2D eigenvalue weighted by atomic mass is 10.1. The average Bonchev–Trinajstić information content (AvgIpc) is 2.88. The highest BCUT2D eigenvalue weighted by Crippen LogP contribution is 2.23. The van der Waals surface area contributed by atoms with Crippen LogP contribution in [0, 0.1) is 0 Å². The topological polar surface area (TPSA) is 57.8 Å². The molecule has 0 atom stereocenters. The molecule has 0 bridgehead atoms. The number of aromatic nitrogens is 2. The summed E-state index contributed by atoms with van der Waals surface area (Å²) in [5, 5.41) is 3.61. The van der Waals surface area contributed by atoms with Crippen LogP contribution in [0.5, 0.6) is 0 Å². The van der Waals surface area contributed by atoms with E-state index in [1.807, 2.05) is 51.1 Å². The van der Waals surface area contributed by atoms with Crippen LogP contribution in [0.1, 0.15) is 31.1 Å². The third-order valence-corrected chi connectivity index (χ3v) is 3.59. The van der Waals surface area contributed by atoms with Crippen LogP contribution in [0.2, 0.25) is 5.02 Å².